The van der Waals surface area contributed by atoms with Gasteiger partial charge in [-0.3, -0.25) is 4.79 Å². The molecule has 3 nitrogen and oxygen atoms in total. The average molecular weight is 325 g/mol. The minimum atomic E-state index is -0.0140. The third-order valence-electron chi connectivity index (χ3n) is 2.43. The number of carbonyl (C=O) groups excluding carboxylic acids is 1. The normalized spacial score (nSPS) is 10.4. The van der Waals surface area contributed by atoms with Gasteiger partial charge in [0.25, 0.3) is 0 Å². The highest BCUT2D eigenvalue weighted by Crippen LogP contribution is 2.19. The molecular formula is C13H13BrN2OS. The number of aryl methyl sites for hydroxylation is 2. The number of hydrogen-bond acceptors (Lipinski definition) is 3. The van der Waals surface area contributed by atoms with Gasteiger partial charge in [-0.15, -0.1) is 11.3 Å². The van der Waals surface area contributed by atoms with Crippen molar-refractivity contribution in [2.24, 2.45) is 0 Å². The number of amides is 1. The van der Waals surface area contributed by atoms with Gasteiger partial charge in [0.05, 0.1) is 17.1 Å². The van der Waals surface area contributed by atoms with Crippen LogP contribution in [0.15, 0.2) is 28.7 Å². The fourth-order valence-corrected chi connectivity index (χ4v) is 2.99. The number of anilines is 1. The highest BCUT2D eigenvalue weighted by atomic mass is 79.9. The maximum Gasteiger partial charge on any atom is 0.229 e. The molecule has 94 valence electrons. The fourth-order valence-electron chi connectivity index (χ4n) is 1.65. The van der Waals surface area contributed by atoms with Crippen LogP contribution >= 0.6 is 27.3 Å². The summed E-state index contributed by atoms with van der Waals surface area (Å²) in [7, 11) is 0. The van der Waals surface area contributed by atoms with Crippen molar-refractivity contribution >= 4 is 38.9 Å². The van der Waals surface area contributed by atoms with Gasteiger partial charge in [-0.25, -0.2) is 4.98 Å². The minimum absolute atomic E-state index is 0.0140. The van der Waals surface area contributed by atoms with Gasteiger partial charge < -0.3 is 5.32 Å². The molecule has 1 aromatic carbocycles. The quantitative estimate of drug-likeness (QED) is 0.935. The molecule has 1 aromatic heterocycles. The van der Waals surface area contributed by atoms with E-state index in [1.165, 1.54) is 0 Å². The summed E-state index contributed by atoms with van der Waals surface area (Å²) >= 11 is 4.95. The van der Waals surface area contributed by atoms with E-state index in [4.69, 9.17) is 0 Å². The monoisotopic (exact) mass is 324 g/mol. The number of nitrogens with one attached hydrogen (secondary N) is 1. The van der Waals surface area contributed by atoms with Gasteiger partial charge >= 0.3 is 0 Å². The zero-order valence-electron chi connectivity index (χ0n) is 10.2. The van der Waals surface area contributed by atoms with E-state index in [2.05, 4.69) is 26.2 Å². The first-order valence-corrected chi connectivity index (χ1v) is 7.14. The van der Waals surface area contributed by atoms with Crippen LogP contribution in [0.2, 0.25) is 0 Å². The zero-order valence-corrected chi connectivity index (χ0v) is 12.6. The number of nitrogens with zero attached hydrogens (tertiary/aromatic N) is 1. The summed E-state index contributed by atoms with van der Waals surface area (Å²) in [4.78, 5) is 17.3. The first-order valence-electron chi connectivity index (χ1n) is 5.53. The third-order valence-corrected chi connectivity index (χ3v) is 4.00. The molecule has 0 aliphatic carbocycles. The van der Waals surface area contributed by atoms with Crippen LogP contribution in [0.25, 0.3) is 0 Å². The SMILES string of the molecule is Cc1nc(C)c(CC(=O)Nc2cccc(Br)c2)s1. The van der Waals surface area contributed by atoms with Gasteiger partial charge in [0.2, 0.25) is 5.91 Å². The predicted molar refractivity (Wildman–Crippen MR) is 78.1 cm³/mol. The molecule has 2 rings (SSSR count). The maximum absolute atomic E-state index is 11.9. The Balaban J connectivity index is 2.03. The Morgan fingerprint density at radius 2 is 2.22 bits per heavy atom. The van der Waals surface area contributed by atoms with Gasteiger partial charge in [0.15, 0.2) is 0 Å². The molecule has 0 radical (unpaired) electrons. The van der Waals surface area contributed by atoms with Crippen LogP contribution in [0.5, 0.6) is 0 Å². The molecule has 18 heavy (non-hydrogen) atoms. The van der Waals surface area contributed by atoms with Crippen LogP contribution in [-0.2, 0) is 11.2 Å². The number of carbonyl (C=O) groups is 1. The Bertz CT molecular complexity index is 580. The molecule has 0 atom stereocenters. The summed E-state index contributed by atoms with van der Waals surface area (Å²) in [5.74, 6) is -0.0140. The Kier molecular flexibility index (Phi) is 4.14. The largest absolute Gasteiger partial charge is 0.326 e. The van der Waals surface area contributed by atoms with E-state index in [1.54, 1.807) is 11.3 Å². The van der Waals surface area contributed by atoms with Crippen molar-refractivity contribution in [1.82, 2.24) is 4.98 Å². The van der Waals surface area contributed by atoms with Crippen LogP contribution < -0.4 is 5.32 Å². The van der Waals surface area contributed by atoms with E-state index in [0.29, 0.717) is 6.42 Å². The first kappa shape index (κ1) is 13.2. The molecule has 0 aliphatic heterocycles. The van der Waals surface area contributed by atoms with Crippen molar-refractivity contribution in [2.45, 2.75) is 20.3 Å². The van der Waals surface area contributed by atoms with Crippen LogP contribution in [-0.4, -0.2) is 10.9 Å². The number of halogens is 1. The van der Waals surface area contributed by atoms with E-state index < -0.39 is 0 Å². The average Bonchev–Trinajstić information content (AvgIpc) is 2.57. The fraction of sp³-hybridized carbons (Fsp3) is 0.231. The van der Waals surface area contributed by atoms with Crippen LogP contribution in [0, 0.1) is 13.8 Å². The molecular weight excluding hydrogens is 312 g/mol. The summed E-state index contributed by atoms with van der Waals surface area (Å²) in [6.07, 6.45) is 0.379. The molecule has 2 aromatic rings. The van der Waals surface area contributed by atoms with Crippen LogP contribution in [0.3, 0.4) is 0 Å². The standard InChI is InChI=1S/C13H13BrN2OS/c1-8-12(18-9(2)15-8)7-13(17)16-11-5-3-4-10(14)6-11/h3-6H,7H2,1-2H3,(H,16,17). The number of benzene rings is 1. The lowest BCUT2D eigenvalue weighted by atomic mass is 10.2. The number of hydrogen-bond donors (Lipinski definition) is 1. The summed E-state index contributed by atoms with van der Waals surface area (Å²) in [5, 5.41) is 3.88. The van der Waals surface area contributed by atoms with Gasteiger partial charge in [-0.1, -0.05) is 22.0 Å². The molecule has 0 saturated heterocycles. The van der Waals surface area contributed by atoms with Crippen LogP contribution in [0.1, 0.15) is 15.6 Å². The summed E-state index contributed by atoms with van der Waals surface area (Å²) in [5.41, 5.74) is 1.75. The topological polar surface area (TPSA) is 42.0 Å². The second-order valence-electron chi connectivity index (χ2n) is 3.98. The highest BCUT2D eigenvalue weighted by molar-refractivity contribution is 9.10. The molecule has 5 heteroatoms. The van der Waals surface area contributed by atoms with E-state index in [1.807, 2.05) is 38.1 Å². The number of thiazole rings is 1. The summed E-state index contributed by atoms with van der Waals surface area (Å²) in [6, 6.07) is 7.56. The maximum atomic E-state index is 11.9. The van der Waals surface area contributed by atoms with Gasteiger partial charge in [-0.2, -0.15) is 0 Å². The third kappa shape index (κ3) is 3.40. The second-order valence-corrected chi connectivity index (χ2v) is 6.18. The predicted octanol–water partition coefficient (Wildman–Crippen LogP) is 3.70. The van der Waals surface area contributed by atoms with E-state index >= 15 is 0 Å². The number of rotatable bonds is 3. The van der Waals surface area contributed by atoms with Crippen molar-refractivity contribution < 1.29 is 4.79 Å². The van der Waals surface area contributed by atoms with Crippen molar-refractivity contribution in [3.63, 3.8) is 0 Å². The van der Waals surface area contributed by atoms with Gasteiger partial charge in [0.1, 0.15) is 0 Å². The highest BCUT2D eigenvalue weighted by Gasteiger charge is 2.10. The first-order chi connectivity index (χ1) is 8.54. The molecule has 0 unspecified atom stereocenters. The number of aromatic nitrogens is 1. The van der Waals surface area contributed by atoms with Gasteiger partial charge in [0, 0.05) is 15.0 Å². The smallest absolute Gasteiger partial charge is 0.229 e. The Hall–Kier alpha value is -1.20. The molecule has 0 saturated carbocycles. The van der Waals surface area contributed by atoms with Crippen molar-refractivity contribution in [2.75, 3.05) is 5.32 Å². The van der Waals surface area contributed by atoms with Crippen molar-refractivity contribution in [3.05, 3.63) is 44.3 Å². The van der Waals surface area contributed by atoms with E-state index in [0.717, 1.165) is 25.7 Å². The lowest BCUT2D eigenvalue weighted by Gasteiger charge is -2.04. The van der Waals surface area contributed by atoms with E-state index in [-0.39, 0.29) is 5.91 Å². The Labute approximate surface area is 118 Å². The molecule has 1 heterocycles. The lowest BCUT2D eigenvalue weighted by Crippen LogP contribution is -2.14. The van der Waals surface area contributed by atoms with E-state index in [9.17, 15) is 4.79 Å². The molecule has 0 spiro atoms. The lowest BCUT2D eigenvalue weighted by molar-refractivity contribution is -0.115. The van der Waals surface area contributed by atoms with Crippen molar-refractivity contribution in [1.29, 1.82) is 0 Å². The zero-order chi connectivity index (χ0) is 13.1. The second kappa shape index (κ2) is 5.63. The van der Waals surface area contributed by atoms with Gasteiger partial charge in [-0.05, 0) is 32.0 Å². The molecule has 1 amide bonds. The Morgan fingerprint density at radius 3 is 2.83 bits per heavy atom. The summed E-state index contributed by atoms with van der Waals surface area (Å²) in [6.45, 7) is 3.89. The Morgan fingerprint density at radius 1 is 1.44 bits per heavy atom. The molecule has 0 bridgehead atoms. The van der Waals surface area contributed by atoms with Crippen molar-refractivity contribution in [3.8, 4) is 0 Å². The summed E-state index contributed by atoms with van der Waals surface area (Å²) < 4.78 is 0.949. The molecule has 0 fully saturated rings. The molecule has 0 aliphatic rings. The minimum Gasteiger partial charge on any atom is -0.326 e. The molecule has 1 N–H and O–H groups in total. The van der Waals surface area contributed by atoms with Crippen LogP contribution in [0.4, 0.5) is 5.69 Å².